The number of aliphatic carboxylic acids is 1. The molecule has 2 bridgehead atoms. The highest BCUT2D eigenvalue weighted by atomic mass is 16.5. The van der Waals surface area contributed by atoms with Gasteiger partial charge in [-0.2, -0.15) is 0 Å². The van der Waals surface area contributed by atoms with E-state index in [1.165, 1.54) is 0 Å². The van der Waals surface area contributed by atoms with Crippen molar-refractivity contribution in [2.75, 3.05) is 6.54 Å². The van der Waals surface area contributed by atoms with Gasteiger partial charge in [0.05, 0.1) is 12.2 Å². The Morgan fingerprint density at radius 1 is 1.11 bits per heavy atom. The van der Waals surface area contributed by atoms with Crippen molar-refractivity contribution in [3.05, 3.63) is 60.3 Å². The number of carboxylic acids is 1. The molecule has 2 N–H and O–H groups in total. The Labute approximate surface area is 166 Å². The lowest BCUT2D eigenvalue weighted by atomic mass is 9.77. The number of hydrogen-bond donors (Lipinski definition) is 2. The highest BCUT2D eigenvalue weighted by Crippen LogP contribution is 2.44. The minimum Gasteiger partial charge on any atom is -0.481 e. The smallest absolute Gasteiger partial charge is 0.303 e. The maximum absolute atomic E-state index is 12.1. The molecule has 1 aromatic rings. The number of carbonyl (C=O) groups excluding carboxylic acids is 1. The van der Waals surface area contributed by atoms with Crippen LogP contribution in [0, 0.1) is 11.8 Å². The summed E-state index contributed by atoms with van der Waals surface area (Å²) in [5, 5.41) is 12.0. The number of carboxylic acid groups (broad SMARTS) is 1. The molecule has 5 nitrogen and oxygen atoms in total. The third kappa shape index (κ3) is 5.55. The van der Waals surface area contributed by atoms with Gasteiger partial charge < -0.3 is 15.2 Å². The lowest BCUT2D eigenvalue weighted by Crippen LogP contribution is -2.33. The van der Waals surface area contributed by atoms with E-state index in [0.29, 0.717) is 36.0 Å². The van der Waals surface area contributed by atoms with Crippen molar-refractivity contribution in [1.82, 2.24) is 5.32 Å². The number of allylic oxidation sites excluding steroid dienone is 3. The van der Waals surface area contributed by atoms with Crippen LogP contribution in [-0.4, -0.2) is 35.6 Å². The van der Waals surface area contributed by atoms with E-state index in [9.17, 15) is 9.59 Å². The summed E-state index contributed by atoms with van der Waals surface area (Å²) >= 11 is 0. The fourth-order valence-corrected chi connectivity index (χ4v) is 4.26. The average molecular weight is 383 g/mol. The predicted molar refractivity (Wildman–Crippen MR) is 108 cm³/mol. The van der Waals surface area contributed by atoms with Gasteiger partial charge in [0.2, 0.25) is 0 Å². The highest BCUT2D eigenvalue weighted by Gasteiger charge is 2.47. The van der Waals surface area contributed by atoms with E-state index in [-0.39, 0.29) is 12.2 Å². The molecule has 3 rings (SSSR count). The first-order valence-electron chi connectivity index (χ1n) is 10.2. The summed E-state index contributed by atoms with van der Waals surface area (Å²) in [5.74, 6) is 0.192. The minimum atomic E-state index is -0.736. The number of fused-ring (bicyclic) bond motifs is 2. The Balaban J connectivity index is 1.44. The van der Waals surface area contributed by atoms with Gasteiger partial charge in [0.1, 0.15) is 0 Å². The zero-order valence-electron chi connectivity index (χ0n) is 16.1. The molecule has 28 heavy (non-hydrogen) atoms. The van der Waals surface area contributed by atoms with Crippen LogP contribution in [0.4, 0.5) is 0 Å². The van der Waals surface area contributed by atoms with E-state index < -0.39 is 5.97 Å². The van der Waals surface area contributed by atoms with E-state index in [4.69, 9.17) is 9.84 Å². The highest BCUT2D eigenvalue weighted by molar-refractivity contribution is 6.04. The summed E-state index contributed by atoms with van der Waals surface area (Å²) < 4.78 is 6.11. The monoisotopic (exact) mass is 383 g/mol. The van der Waals surface area contributed by atoms with Crippen LogP contribution in [0.15, 0.2) is 54.8 Å². The summed E-state index contributed by atoms with van der Waals surface area (Å²) in [6, 6.07) is 9.25. The van der Waals surface area contributed by atoms with Gasteiger partial charge in [-0.3, -0.25) is 9.59 Å². The molecule has 5 heteroatoms. The molecule has 2 heterocycles. The Kier molecular flexibility index (Phi) is 7.43. The van der Waals surface area contributed by atoms with Gasteiger partial charge >= 0.3 is 5.97 Å². The van der Waals surface area contributed by atoms with Crippen LogP contribution in [0.3, 0.4) is 0 Å². The molecular weight excluding hydrogens is 354 g/mol. The minimum absolute atomic E-state index is 0.00173. The molecule has 4 atom stereocenters. The molecule has 0 saturated carbocycles. The first-order valence-corrected chi connectivity index (χ1v) is 10.2. The molecule has 2 fully saturated rings. The van der Waals surface area contributed by atoms with Crippen molar-refractivity contribution in [1.29, 1.82) is 0 Å². The lowest BCUT2D eigenvalue weighted by Gasteiger charge is -2.27. The van der Waals surface area contributed by atoms with Crippen LogP contribution >= 0.6 is 0 Å². The second-order valence-corrected chi connectivity index (χ2v) is 7.58. The van der Waals surface area contributed by atoms with E-state index >= 15 is 0 Å². The van der Waals surface area contributed by atoms with Gasteiger partial charge in [-0.25, -0.2) is 0 Å². The maximum atomic E-state index is 12.1. The summed E-state index contributed by atoms with van der Waals surface area (Å²) in [7, 11) is 0. The molecule has 0 unspecified atom stereocenters. The zero-order valence-corrected chi connectivity index (χ0v) is 16.1. The van der Waals surface area contributed by atoms with Gasteiger partial charge in [0.15, 0.2) is 5.78 Å². The number of rotatable bonds is 11. The maximum Gasteiger partial charge on any atom is 0.303 e. The molecule has 0 radical (unpaired) electrons. The summed E-state index contributed by atoms with van der Waals surface area (Å²) in [5.41, 5.74) is 0.690. The Morgan fingerprint density at radius 3 is 2.61 bits per heavy atom. The van der Waals surface area contributed by atoms with E-state index in [1.807, 2.05) is 30.3 Å². The zero-order chi connectivity index (χ0) is 19.8. The normalized spacial score (nSPS) is 26.3. The topological polar surface area (TPSA) is 75.6 Å². The van der Waals surface area contributed by atoms with Crippen molar-refractivity contribution < 1.29 is 19.4 Å². The Hall–Kier alpha value is -2.40. The largest absolute Gasteiger partial charge is 0.481 e. The number of unbranched alkanes of at least 4 members (excludes halogenated alkanes) is 1. The van der Waals surface area contributed by atoms with Crippen LogP contribution in [-0.2, 0) is 9.53 Å². The molecule has 150 valence electrons. The fraction of sp³-hybridized carbons (Fsp3) is 0.478. The standard InChI is InChI=1S/C23H29NO4/c25-20(17-8-4-3-5-9-17)14-15-24-16-19-18(21-12-13-22(19)28-21)10-6-1-2-7-11-23(26)27/h1,3-6,8-9,14-15,18-19,21-22,24H,2,7,10-13,16H2,(H,26,27)/b6-1-,15-14?/t18-,19-,21-,22+/m1/s1. The molecule has 0 aliphatic carbocycles. The van der Waals surface area contributed by atoms with Crippen molar-refractivity contribution in [2.24, 2.45) is 11.8 Å². The van der Waals surface area contributed by atoms with Crippen molar-refractivity contribution in [3.63, 3.8) is 0 Å². The second kappa shape index (κ2) is 10.2. The molecule has 2 saturated heterocycles. The number of benzene rings is 1. The molecule has 1 aromatic carbocycles. The number of carbonyl (C=O) groups is 2. The summed E-state index contributed by atoms with van der Waals surface area (Å²) in [6.45, 7) is 0.803. The predicted octanol–water partition coefficient (Wildman–Crippen LogP) is 3.97. The fourth-order valence-electron chi connectivity index (χ4n) is 4.26. The Morgan fingerprint density at radius 2 is 1.86 bits per heavy atom. The van der Waals surface area contributed by atoms with Crippen LogP contribution in [0.5, 0.6) is 0 Å². The first-order chi connectivity index (χ1) is 13.6. The molecule has 2 aliphatic heterocycles. The quantitative estimate of drug-likeness (QED) is 0.262. The van der Waals surface area contributed by atoms with E-state index in [1.54, 1.807) is 12.3 Å². The van der Waals surface area contributed by atoms with Crippen LogP contribution in [0.25, 0.3) is 0 Å². The van der Waals surface area contributed by atoms with Crippen molar-refractivity contribution in [3.8, 4) is 0 Å². The Bertz CT molecular complexity index is 713. The van der Waals surface area contributed by atoms with E-state index in [0.717, 1.165) is 32.2 Å². The van der Waals surface area contributed by atoms with Crippen LogP contribution in [0.1, 0.15) is 48.9 Å². The van der Waals surface area contributed by atoms with Gasteiger partial charge in [-0.15, -0.1) is 0 Å². The summed E-state index contributed by atoms with van der Waals surface area (Å²) in [4.78, 5) is 22.6. The third-order valence-electron chi connectivity index (χ3n) is 5.69. The molecule has 0 amide bonds. The van der Waals surface area contributed by atoms with Gasteiger partial charge in [-0.1, -0.05) is 42.5 Å². The van der Waals surface area contributed by atoms with Gasteiger partial charge in [0.25, 0.3) is 0 Å². The second-order valence-electron chi connectivity index (χ2n) is 7.58. The number of ketones is 1. The number of nitrogens with one attached hydrogen (secondary N) is 1. The van der Waals surface area contributed by atoms with Crippen molar-refractivity contribution in [2.45, 2.75) is 50.7 Å². The third-order valence-corrected chi connectivity index (χ3v) is 5.69. The number of ether oxygens (including phenoxy) is 1. The van der Waals surface area contributed by atoms with Crippen LogP contribution < -0.4 is 5.32 Å². The van der Waals surface area contributed by atoms with Gasteiger partial charge in [-0.05, 0) is 38.0 Å². The van der Waals surface area contributed by atoms with Crippen LogP contribution in [0.2, 0.25) is 0 Å². The van der Waals surface area contributed by atoms with Gasteiger partial charge in [0, 0.05) is 36.7 Å². The molecule has 0 aromatic heterocycles. The lowest BCUT2D eigenvalue weighted by molar-refractivity contribution is -0.137. The first kappa shape index (κ1) is 20.3. The van der Waals surface area contributed by atoms with E-state index in [2.05, 4.69) is 17.5 Å². The van der Waals surface area contributed by atoms with Crippen molar-refractivity contribution >= 4 is 11.8 Å². The molecule has 2 aliphatic rings. The SMILES string of the molecule is O=C(O)CCC/C=C\C[C@@H]1[C@@H](CNC=CC(=O)c2ccccc2)[C@@H]2CC[C@H]1O2. The molecule has 0 spiro atoms. The summed E-state index contributed by atoms with van der Waals surface area (Å²) in [6.07, 6.45) is 13.2. The number of hydrogen-bond acceptors (Lipinski definition) is 4. The molecular formula is C23H29NO4. The average Bonchev–Trinajstić information content (AvgIpc) is 3.30.